The van der Waals surface area contributed by atoms with Gasteiger partial charge in [-0.2, -0.15) is 5.10 Å². The first-order valence-corrected chi connectivity index (χ1v) is 7.20. The van der Waals surface area contributed by atoms with Gasteiger partial charge in [0.2, 0.25) is 0 Å². The molecule has 1 heterocycles. The van der Waals surface area contributed by atoms with E-state index in [1.165, 1.54) is 12.1 Å². The number of hydrogen-bond acceptors (Lipinski definition) is 2. The van der Waals surface area contributed by atoms with Crippen molar-refractivity contribution < 1.29 is 26.7 Å². The second-order valence-electron chi connectivity index (χ2n) is 5.34. The Hall–Kier alpha value is -3.23. The molecular weight excluding hydrogens is 357 g/mol. The maximum absolute atomic E-state index is 13.6. The van der Waals surface area contributed by atoms with E-state index in [2.05, 4.69) is 5.10 Å². The number of halogens is 5. The molecule has 9 heteroatoms. The molecule has 0 bridgehead atoms. The van der Waals surface area contributed by atoms with Crippen LogP contribution in [0, 0.1) is 17.5 Å². The van der Waals surface area contributed by atoms with Gasteiger partial charge in [0.1, 0.15) is 0 Å². The van der Waals surface area contributed by atoms with Gasteiger partial charge in [-0.3, -0.25) is 4.79 Å². The molecule has 0 atom stereocenters. The average molecular weight is 367 g/mol. The van der Waals surface area contributed by atoms with Crippen LogP contribution in [-0.4, -0.2) is 15.7 Å². The first-order valence-electron chi connectivity index (χ1n) is 7.20. The smallest absolute Gasteiger partial charge is 0.265 e. The molecule has 0 radical (unpaired) electrons. The maximum atomic E-state index is 13.6. The summed E-state index contributed by atoms with van der Waals surface area (Å²) >= 11 is 0. The number of carbonyl (C=O) groups is 1. The number of para-hydroxylation sites is 1. The Bertz CT molecular complexity index is 977. The van der Waals surface area contributed by atoms with Gasteiger partial charge >= 0.3 is 0 Å². The first kappa shape index (κ1) is 17.6. The van der Waals surface area contributed by atoms with Gasteiger partial charge in [0.25, 0.3) is 12.3 Å². The fourth-order valence-electron chi connectivity index (χ4n) is 2.51. The molecule has 3 rings (SSSR count). The number of primary amides is 1. The number of rotatable bonds is 4. The third kappa shape index (κ3) is 3.03. The lowest BCUT2D eigenvalue weighted by Gasteiger charge is -2.15. The van der Waals surface area contributed by atoms with E-state index in [4.69, 9.17) is 5.73 Å². The first-order chi connectivity index (χ1) is 12.3. The third-order valence-electron chi connectivity index (χ3n) is 3.69. The number of alkyl halides is 2. The van der Waals surface area contributed by atoms with E-state index in [1.54, 1.807) is 0 Å². The Morgan fingerprint density at radius 1 is 1.12 bits per heavy atom. The molecule has 3 aromatic rings. The number of nitrogens with zero attached hydrogens (tertiary/aromatic N) is 2. The zero-order valence-corrected chi connectivity index (χ0v) is 12.9. The summed E-state index contributed by atoms with van der Waals surface area (Å²) < 4.78 is 68.2. The van der Waals surface area contributed by atoms with Crippen LogP contribution in [0.4, 0.5) is 22.0 Å². The van der Waals surface area contributed by atoms with Gasteiger partial charge in [0, 0.05) is 17.3 Å². The van der Waals surface area contributed by atoms with Crippen LogP contribution in [0.15, 0.2) is 42.7 Å². The molecule has 0 fully saturated rings. The minimum Gasteiger partial charge on any atom is -0.366 e. The van der Waals surface area contributed by atoms with Gasteiger partial charge in [-0.1, -0.05) is 18.2 Å². The summed E-state index contributed by atoms with van der Waals surface area (Å²) in [6.07, 6.45) is -0.759. The van der Waals surface area contributed by atoms with Crippen molar-refractivity contribution in [2.24, 2.45) is 5.73 Å². The number of amides is 1. The molecule has 4 nitrogen and oxygen atoms in total. The maximum Gasteiger partial charge on any atom is 0.265 e. The Labute approximate surface area is 143 Å². The number of hydrogen-bond donors (Lipinski definition) is 1. The van der Waals surface area contributed by atoms with Gasteiger partial charge < -0.3 is 5.73 Å². The van der Waals surface area contributed by atoms with Crippen LogP contribution in [-0.2, 0) is 0 Å². The lowest BCUT2D eigenvalue weighted by molar-refractivity contribution is 0.1000. The molecule has 2 N–H and O–H groups in total. The largest absolute Gasteiger partial charge is 0.366 e. The summed E-state index contributed by atoms with van der Waals surface area (Å²) in [7, 11) is 0. The lowest BCUT2D eigenvalue weighted by Crippen LogP contribution is -2.10. The highest BCUT2D eigenvalue weighted by atomic mass is 19.3. The van der Waals surface area contributed by atoms with Crippen LogP contribution in [0.25, 0.3) is 16.8 Å². The Morgan fingerprint density at radius 2 is 1.77 bits per heavy atom. The average Bonchev–Trinajstić information content (AvgIpc) is 3.08. The monoisotopic (exact) mass is 367 g/mol. The molecule has 1 aromatic heterocycles. The molecule has 0 saturated heterocycles. The van der Waals surface area contributed by atoms with Crippen LogP contribution < -0.4 is 5.73 Å². The van der Waals surface area contributed by atoms with Crippen LogP contribution in [0.3, 0.4) is 0 Å². The van der Waals surface area contributed by atoms with Crippen molar-refractivity contribution in [2.45, 2.75) is 6.43 Å². The normalized spacial score (nSPS) is 11.2. The minimum atomic E-state index is -2.94. The van der Waals surface area contributed by atoms with Gasteiger partial charge in [-0.05, 0) is 17.7 Å². The Kier molecular flexibility index (Phi) is 4.45. The van der Waals surface area contributed by atoms with E-state index in [0.717, 1.165) is 23.1 Å². The second kappa shape index (κ2) is 6.58. The highest BCUT2D eigenvalue weighted by Crippen LogP contribution is 2.35. The molecule has 134 valence electrons. The Balaban J connectivity index is 2.29. The number of benzene rings is 2. The van der Waals surface area contributed by atoms with Crippen LogP contribution in [0.2, 0.25) is 0 Å². The topological polar surface area (TPSA) is 60.9 Å². The fraction of sp³-hybridized carbons (Fsp3) is 0.0588. The van der Waals surface area contributed by atoms with E-state index < -0.39 is 35.3 Å². The van der Waals surface area contributed by atoms with Gasteiger partial charge in [-0.15, -0.1) is 0 Å². The van der Waals surface area contributed by atoms with Crippen molar-refractivity contribution in [2.75, 3.05) is 0 Å². The van der Waals surface area contributed by atoms with Crippen molar-refractivity contribution in [3.63, 3.8) is 0 Å². The lowest BCUT2D eigenvalue weighted by atomic mass is 9.99. The molecule has 2 aromatic carbocycles. The van der Waals surface area contributed by atoms with E-state index in [9.17, 15) is 26.7 Å². The van der Waals surface area contributed by atoms with Crippen LogP contribution in [0.1, 0.15) is 22.3 Å². The van der Waals surface area contributed by atoms with Gasteiger partial charge in [0.05, 0.1) is 17.4 Å². The predicted molar refractivity (Wildman–Crippen MR) is 82.3 cm³/mol. The van der Waals surface area contributed by atoms with Crippen molar-refractivity contribution >= 4 is 5.91 Å². The molecule has 0 unspecified atom stereocenters. The van der Waals surface area contributed by atoms with E-state index in [0.29, 0.717) is 12.1 Å². The molecule has 26 heavy (non-hydrogen) atoms. The summed E-state index contributed by atoms with van der Waals surface area (Å²) in [5.74, 6) is -5.43. The SMILES string of the molecule is NC(=O)c1cnn(-c2c(-c3cc(F)c(F)c(F)c3)cccc2C(F)F)c1. The molecule has 0 spiro atoms. The van der Waals surface area contributed by atoms with Crippen LogP contribution in [0.5, 0.6) is 0 Å². The second-order valence-corrected chi connectivity index (χ2v) is 5.34. The van der Waals surface area contributed by atoms with Crippen molar-refractivity contribution in [3.05, 3.63) is 71.3 Å². The summed E-state index contributed by atoms with van der Waals surface area (Å²) in [5, 5.41) is 3.82. The summed E-state index contributed by atoms with van der Waals surface area (Å²) in [5.41, 5.74) is 4.18. The number of aromatic nitrogens is 2. The molecule has 0 saturated carbocycles. The highest BCUT2D eigenvalue weighted by molar-refractivity contribution is 5.92. The summed E-state index contributed by atoms with van der Waals surface area (Å²) in [6, 6.07) is 5.05. The zero-order valence-electron chi connectivity index (χ0n) is 12.9. The van der Waals surface area contributed by atoms with Crippen LogP contribution >= 0.6 is 0 Å². The van der Waals surface area contributed by atoms with E-state index in [1.807, 2.05) is 0 Å². The minimum absolute atomic E-state index is 0.0280. The molecular formula is C17H10F5N3O. The number of nitrogens with two attached hydrogens (primary N) is 1. The van der Waals surface area contributed by atoms with E-state index >= 15 is 0 Å². The summed E-state index contributed by atoms with van der Waals surface area (Å²) in [4.78, 5) is 11.2. The van der Waals surface area contributed by atoms with Crippen molar-refractivity contribution in [1.29, 1.82) is 0 Å². The number of carbonyl (C=O) groups excluding carboxylic acids is 1. The molecule has 0 aliphatic heterocycles. The van der Waals surface area contributed by atoms with Crippen molar-refractivity contribution in [1.82, 2.24) is 9.78 Å². The summed E-state index contributed by atoms with van der Waals surface area (Å²) in [6.45, 7) is 0. The molecule has 1 amide bonds. The highest BCUT2D eigenvalue weighted by Gasteiger charge is 2.22. The van der Waals surface area contributed by atoms with Gasteiger partial charge in [-0.25, -0.2) is 26.6 Å². The van der Waals surface area contributed by atoms with Crippen molar-refractivity contribution in [3.8, 4) is 16.8 Å². The fourth-order valence-corrected chi connectivity index (χ4v) is 2.51. The Morgan fingerprint density at radius 3 is 2.31 bits per heavy atom. The standard InChI is InChI=1S/C17H10F5N3O/c18-12-4-8(5-13(19)14(12)20)10-2-1-3-11(16(21)22)15(10)25-7-9(6-24-25)17(23)26/h1-7,16H,(H2,23,26). The third-order valence-corrected chi connectivity index (χ3v) is 3.69. The predicted octanol–water partition coefficient (Wildman–Crippen LogP) is 3.99. The molecule has 0 aliphatic rings. The molecule has 0 aliphatic carbocycles. The quantitative estimate of drug-likeness (QED) is 0.560. The van der Waals surface area contributed by atoms with E-state index in [-0.39, 0.29) is 22.4 Å². The van der Waals surface area contributed by atoms with Gasteiger partial charge in [0.15, 0.2) is 17.5 Å². The zero-order chi connectivity index (χ0) is 19.0.